The maximum atomic E-state index is 14.4. The third kappa shape index (κ3) is 8.02. The smallest absolute Gasteiger partial charge is 0.255 e. The number of piperidine rings is 1. The Labute approximate surface area is 335 Å². The molecular weight excluding hydrogens is 745 g/mol. The minimum absolute atomic E-state index is 0.208. The summed E-state index contributed by atoms with van der Waals surface area (Å²) in [4.78, 5) is 32.9. The van der Waals surface area contributed by atoms with Gasteiger partial charge in [0.1, 0.15) is 28.7 Å². The van der Waals surface area contributed by atoms with Crippen LogP contribution in [0.15, 0.2) is 91.3 Å². The second-order valence-corrected chi connectivity index (χ2v) is 15.0. The van der Waals surface area contributed by atoms with E-state index in [9.17, 15) is 13.6 Å². The summed E-state index contributed by atoms with van der Waals surface area (Å²) >= 11 is 1.85. The maximum absolute atomic E-state index is 14.4. The molecule has 57 heavy (non-hydrogen) atoms. The average Bonchev–Trinajstić information content (AvgIpc) is 3.65. The van der Waals surface area contributed by atoms with E-state index in [-0.39, 0.29) is 5.56 Å². The molecular formula is C43H45F2N9O2S. The molecule has 2 aliphatic heterocycles. The van der Waals surface area contributed by atoms with Gasteiger partial charge in [0, 0.05) is 80.6 Å². The molecule has 3 aromatic carbocycles. The molecule has 2 aliphatic rings. The number of fused-ring (bicyclic) bond motifs is 1. The molecule has 0 saturated carbocycles. The molecule has 8 rings (SSSR count). The number of nitrogens with one attached hydrogen (secondary N) is 2. The van der Waals surface area contributed by atoms with Crippen molar-refractivity contribution < 1.29 is 18.3 Å². The van der Waals surface area contributed by atoms with Gasteiger partial charge in [0.15, 0.2) is 0 Å². The number of methoxy groups -OCH3 is 1. The zero-order valence-corrected chi connectivity index (χ0v) is 33.0. The monoisotopic (exact) mass is 789 g/mol. The molecule has 2 saturated heterocycles. The number of carbonyl (C=O) groups is 1. The SMILES string of the molecule is CCc1cc(Nc2nccc(-c3c(-c4cccc(C(=O)Nc5c(F)cccc5F)c4)nc4ccccn34)n2)c(OC)cc1N1CCC(N2CCN(SC)CC2)CC1. The summed E-state index contributed by atoms with van der Waals surface area (Å²) in [5, 5.41) is 5.80. The number of carbonyl (C=O) groups excluding carboxylic acids is 1. The zero-order chi connectivity index (χ0) is 39.5. The van der Waals surface area contributed by atoms with Crippen molar-refractivity contribution in [2.24, 2.45) is 0 Å². The number of rotatable bonds is 11. The van der Waals surface area contributed by atoms with Gasteiger partial charge in [-0.25, -0.2) is 28.0 Å². The molecule has 2 N–H and O–H groups in total. The van der Waals surface area contributed by atoms with Crippen LogP contribution in [0.3, 0.4) is 0 Å². The van der Waals surface area contributed by atoms with Crippen molar-refractivity contribution in [2.45, 2.75) is 32.2 Å². The number of benzene rings is 3. The molecule has 0 aliphatic carbocycles. The van der Waals surface area contributed by atoms with E-state index in [1.54, 1.807) is 31.5 Å². The van der Waals surface area contributed by atoms with Gasteiger partial charge >= 0.3 is 0 Å². The van der Waals surface area contributed by atoms with Crippen LogP contribution >= 0.6 is 11.9 Å². The van der Waals surface area contributed by atoms with Crippen molar-refractivity contribution in [3.8, 4) is 28.4 Å². The van der Waals surface area contributed by atoms with Crippen molar-refractivity contribution in [1.82, 2.24) is 28.6 Å². The van der Waals surface area contributed by atoms with E-state index >= 15 is 0 Å². The van der Waals surface area contributed by atoms with Crippen LogP contribution in [0.4, 0.5) is 31.8 Å². The number of piperazine rings is 1. The van der Waals surface area contributed by atoms with Crippen LogP contribution in [0.1, 0.15) is 35.7 Å². The van der Waals surface area contributed by atoms with E-state index in [0.29, 0.717) is 46.0 Å². The van der Waals surface area contributed by atoms with Crippen molar-refractivity contribution in [3.05, 3.63) is 114 Å². The highest BCUT2D eigenvalue weighted by molar-refractivity contribution is 7.96. The summed E-state index contributed by atoms with van der Waals surface area (Å²) in [7, 11) is 1.68. The van der Waals surface area contributed by atoms with Gasteiger partial charge < -0.3 is 20.3 Å². The fraction of sp³-hybridized carbons (Fsp3) is 0.302. The van der Waals surface area contributed by atoms with Crippen LogP contribution in [0, 0.1) is 11.6 Å². The fourth-order valence-electron chi connectivity index (χ4n) is 7.91. The largest absolute Gasteiger partial charge is 0.494 e. The molecule has 294 valence electrons. The summed E-state index contributed by atoms with van der Waals surface area (Å²) in [6.45, 7) is 8.69. The lowest BCUT2D eigenvalue weighted by molar-refractivity contribution is 0.102. The van der Waals surface area contributed by atoms with Gasteiger partial charge in [0.05, 0.1) is 29.9 Å². The number of ether oxygens (including phenoxy) is 1. The quantitative estimate of drug-likeness (QED) is 0.125. The number of hydrogen-bond acceptors (Lipinski definition) is 10. The first-order valence-electron chi connectivity index (χ1n) is 19.3. The summed E-state index contributed by atoms with van der Waals surface area (Å²) < 4.78 is 39.1. The lowest BCUT2D eigenvalue weighted by Crippen LogP contribution is -2.51. The highest BCUT2D eigenvalue weighted by Gasteiger charge is 2.29. The maximum Gasteiger partial charge on any atom is 0.255 e. The van der Waals surface area contributed by atoms with Crippen molar-refractivity contribution in [2.75, 3.05) is 68.2 Å². The Balaban J connectivity index is 1.05. The van der Waals surface area contributed by atoms with Crippen LogP contribution in [0.5, 0.6) is 5.75 Å². The summed E-state index contributed by atoms with van der Waals surface area (Å²) in [5.74, 6) is -1.30. The lowest BCUT2D eigenvalue weighted by Gasteiger charge is -2.43. The molecule has 6 aromatic rings. The molecule has 0 unspecified atom stereocenters. The van der Waals surface area contributed by atoms with Crippen LogP contribution in [-0.2, 0) is 6.42 Å². The first-order chi connectivity index (χ1) is 27.8. The van der Waals surface area contributed by atoms with Crippen LogP contribution in [-0.4, -0.2) is 93.1 Å². The Hall–Kier alpha value is -5.57. The molecule has 0 bridgehead atoms. The molecule has 0 atom stereocenters. The number of halogens is 2. The minimum atomic E-state index is -0.860. The van der Waals surface area contributed by atoms with E-state index in [4.69, 9.17) is 14.7 Å². The van der Waals surface area contributed by atoms with Gasteiger partial charge in [-0.3, -0.25) is 14.1 Å². The molecule has 0 radical (unpaired) electrons. The number of hydrogen-bond donors (Lipinski definition) is 2. The first-order valence-corrected chi connectivity index (χ1v) is 20.4. The van der Waals surface area contributed by atoms with E-state index in [2.05, 4.69) is 55.0 Å². The Kier molecular flexibility index (Phi) is 11.3. The highest BCUT2D eigenvalue weighted by Crippen LogP contribution is 2.38. The highest BCUT2D eigenvalue weighted by atomic mass is 32.2. The van der Waals surface area contributed by atoms with E-state index in [1.807, 2.05) is 52.9 Å². The van der Waals surface area contributed by atoms with E-state index in [0.717, 1.165) is 76.4 Å². The zero-order valence-electron chi connectivity index (χ0n) is 32.2. The molecule has 2 fully saturated rings. The number of aromatic nitrogens is 4. The van der Waals surface area contributed by atoms with Crippen molar-refractivity contribution in [3.63, 3.8) is 0 Å². The number of nitrogens with zero attached hydrogens (tertiary/aromatic N) is 7. The number of aryl methyl sites for hydroxylation is 1. The van der Waals surface area contributed by atoms with Gasteiger partial charge in [-0.15, -0.1) is 0 Å². The second kappa shape index (κ2) is 16.9. The van der Waals surface area contributed by atoms with E-state index < -0.39 is 23.2 Å². The molecule has 3 aromatic heterocycles. The number of imidazole rings is 1. The number of pyridine rings is 1. The molecule has 1 amide bonds. The predicted octanol–water partition coefficient (Wildman–Crippen LogP) is 8.17. The number of anilines is 4. The number of para-hydroxylation sites is 1. The Morgan fingerprint density at radius 2 is 1.68 bits per heavy atom. The van der Waals surface area contributed by atoms with Crippen molar-refractivity contribution in [1.29, 1.82) is 0 Å². The fourth-order valence-corrected chi connectivity index (χ4v) is 8.43. The molecule has 11 nitrogen and oxygen atoms in total. The van der Waals surface area contributed by atoms with E-state index in [1.165, 1.54) is 17.3 Å². The normalized spacial score (nSPS) is 15.6. The van der Waals surface area contributed by atoms with Gasteiger partial charge in [-0.05, 0) is 79.6 Å². The third-order valence-electron chi connectivity index (χ3n) is 10.9. The predicted molar refractivity (Wildman–Crippen MR) is 224 cm³/mol. The Morgan fingerprint density at radius 3 is 2.42 bits per heavy atom. The summed E-state index contributed by atoms with van der Waals surface area (Å²) in [5.41, 5.74) is 6.02. The Morgan fingerprint density at radius 1 is 0.912 bits per heavy atom. The topological polar surface area (TPSA) is 103 Å². The first kappa shape index (κ1) is 38.3. The number of amides is 1. The van der Waals surface area contributed by atoms with Crippen LogP contribution in [0.2, 0.25) is 0 Å². The van der Waals surface area contributed by atoms with Crippen molar-refractivity contribution >= 4 is 46.5 Å². The van der Waals surface area contributed by atoms with Crippen LogP contribution in [0.25, 0.3) is 28.3 Å². The average molecular weight is 790 g/mol. The van der Waals surface area contributed by atoms with Gasteiger partial charge in [-0.2, -0.15) is 0 Å². The van der Waals surface area contributed by atoms with Gasteiger partial charge in [0.25, 0.3) is 5.91 Å². The van der Waals surface area contributed by atoms with Gasteiger partial charge in [-0.1, -0.05) is 43.1 Å². The van der Waals surface area contributed by atoms with Crippen LogP contribution < -0.4 is 20.3 Å². The molecule has 0 spiro atoms. The Bertz CT molecular complexity index is 2370. The van der Waals surface area contributed by atoms with Gasteiger partial charge in [0.2, 0.25) is 5.95 Å². The standard InChI is InChI=1S/C43H45F2N9O2S/c1-4-28-26-35(37(56-2)27-36(28)52-19-15-31(16-20-52)51-21-23-53(57-3)24-22-51)48-43-46-17-14-34(47-43)41-39(49-38-13-5-6-18-54(38)41)29-9-7-10-30(25-29)42(55)50-40-32(44)11-8-12-33(40)45/h5-14,17-18,25-27,31H,4,15-16,19-24H2,1-3H3,(H,50,55)(H,46,47,48). The summed E-state index contributed by atoms with van der Waals surface area (Å²) in [6.07, 6.45) is 8.89. The molecule has 5 heterocycles. The third-order valence-corrected chi connectivity index (χ3v) is 11.8. The second-order valence-electron chi connectivity index (χ2n) is 14.2. The summed E-state index contributed by atoms with van der Waals surface area (Å²) in [6, 6.07) is 22.6. The lowest BCUT2D eigenvalue weighted by atomic mass is 9.99. The molecule has 14 heteroatoms. The minimum Gasteiger partial charge on any atom is -0.494 e.